The highest BCUT2D eigenvalue weighted by Gasteiger charge is 2.44. The maximum absolute atomic E-state index is 13.3. The summed E-state index contributed by atoms with van der Waals surface area (Å²) in [7, 11) is 0. The molecule has 2 N–H and O–H groups in total. The van der Waals surface area contributed by atoms with Crippen molar-refractivity contribution in [1.29, 1.82) is 0 Å². The molecule has 1 heterocycles. The topological polar surface area (TPSA) is 41.1 Å². The van der Waals surface area contributed by atoms with Crippen LogP contribution in [0, 0.1) is 5.82 Å². The zero-order valence-corrected chi connectivity index (χ0v) is 15.6. The van der Waals surface area contributed by atoms with E-state index in [-0.39, 0.29) is 23.3 Å². The van der Waals surface area contributed by atoms with E-state index in [0.29, 0.717) is 6.54 Å². The molecule has 3 aromatic rings. The lowest BCUT2D eigenvalue weighted by Crippen LogP contribution is -2.41. The summed E-state index contributed by atoms with van der Waals surface area (Å²) in [4.78, 5) is 13.6. The van der Waals surface area contributed by atoms with E-state index in [1.807, 2.05) is 35.7 Å². The lowest BCUT2D eigenvalue weighted by molar-refractivity contribution is 0.237. The molecule has 1 aliphatic carbocycles. The van der Waals surface area contributed by atoms with Gasteiger partial charge in [-0.15, -0.1) is 11.3 Å². The summed E-state index contributed by atoms with van der Waals surface area (Å²) in [6.45, 7) is 0.615. The first-order valence-corrected chi connectivity index (χ1v) is 9.93. The van der Waals surface area contributed by atoms with Crippen LogP contribution < -0.4 is 10.6 Å². The maximum Gasteiger partial charge on any atom is 0.315 e. The smallest absolute Gasteiger partial charge is 0.315 e. The first-order chi connectivity index (χ1) is 13.2. The number of nitrogens with one attached hydrogen (secondary N) is 2. The van der Waals surface area contributed by atoms with Crippen molar-refractivity contribution in [3.8, 4) is 0 Å². The van der Waals surface area contributed by atoms with Crippen molar-refractivity contribution in [2.24, 2.45) is 0 Å². The average Bonchev–Trinajstić information content (AvgIpc) is 3.30. The Morgan fingerprint density at radius 2 is 1.78 bits per heavy atom. The number of rotatable bonds is 6. The number of hydrogen-bond donors (Lipinski definition) is 2. The van der Waals surface area contributed by atoms with E-state index in [1.165, 1.54) is 17.7 Å². The van der Waals surface area contributed by atoms with Gasteiger partial charge in [-0.2, -0.15) is 0 Å². The van der Waals surface area contributed by atoms with Gasteiger partial charge in [0.05, 0.1) is 6.04 Å². The fraction of sp³-hybridized carbons (Fsp3) is 0.227. The summed E-state index contributed by atoms with van der Waals surface area (Å²) >= 11 is 1.57. The second-order valence-electron chi connectivity index (χ2n) is 6.97. The Labute approximate surface area is 162 Å². The zero-order chi connectivity index (χ0) is 18.7. The zero-order valence-electron chi connectivity index (χ0n) is 14.8. The van der Waals surface area contributed by atoms with E-state index in [4.69, 9.17) is 0 Å². The normalized spacial score (nSPS) is 15.7. The second-order valence-corrected chi connectivity index (χ2v) is 7.95. The molecule has 0 radical (unpaired) electrons. The highest BCUT2D eigenvalue weighted by molar-refractivity contribution is 7.10. The standard InChI is InChI=1S/C22H21FN2OS/c23-18-10-8-16(9-11-18)20(19-7-4-14-27-19)25-21(26)24-15-22(12-13-22)17-5-2-1-3-6-17/h1-11,14,20H,12-13,15H2,(H2,24,25,26). The van der Waals surface area contributed by atoms with Crippen LogP contribution in [-0.4, -0.2) is 12.6 Å². The Morgan fingerprint density at radius 3 is 2.41 bits per heavy atom. The molecule has 1 aliphatic rings. The van der Waals surface area contributed by atoms with Crippen LogP contribution in [0.5, 0.6) is 0 Å². The highest BCUT2D eigenvalue weighted by atomic mass is 32.1. The van der Waals surface area contributed by atoms with Gasteiger partial charge in [0.2, 0.25) is 0 Å². The van der Waals surface area contributed by atoms with E-state index >= 15 is 0 Å². The Hall–Kier alpha value is -2.66. The third-order valence-electron chi connectivity index (χ3n) is 5.13. The van der Waals surface area contributed by atoms with E-state index in [0.717, 1.165) is 23.3 Å². The van der Waals surface area contributed by atoms with Crippen LogP contribution in [0.1, 0.15) is 34.9 Å². The first-order valence-electron chi connectivity index (χ1n) is 9.05. The van der Waals surface area contributed by atoms with Gasteiger partial charge in [0, 0.05) is 16.8 Å². The molecule has 4 rings (SSSR count). The quantitative estimate of drug-likeness (QED) is 0.620. The van der Waals surface area contributed by atoms with Gasteiger partial charge in [0.15, 0.2) is 0 Å². The van der Waals surface area contributed by atoms with Crippen molar-refractivity contribution >= 4 is 17.4 Å². The fourth-order valence-corrected chi connectivity index (χ4v) is 4.17. The van der Waals surface area contributed by atoms with Crippen LogP contribution in [0.2, 0.25) is 0 Å². The number of hydrogen-bond acceptors (Lipinski definition) is 2. The maximum atomic E-state index is 13.3. The number of carbonyl (C=O) groups excluding carboxylic acids is 1. The Kier molecular flexibility index (Phi) is 4.94. The fourth-order valence-electron chi connectivity index (χ4n) is 3.37. The minimum Gasteiger partial charge on any atom is -0.337 e. The van der Waals surface area contributed by atoms with Gasteiger partial charge in [-0.3, -0.25) is 0 Å². The monoisotopic (exact) mass is 380 g/mol. The predicted octanol–water partition coefficient (Wildman–Crippen LogP) is 5.01. The molecule has 27 heavy (non-hydrogen) atoms. The molecule has 2 aromatic carbocycles. The second kappa shape index (κ2) is 7.53. The molecule has 1 atom stereocenters. The van der Waals surface area contributed by atoms with Crippen molar-refractivity contribution in [2.45, 2.75) is 24.3 Å². The first kappa shape index (κ1) is 17.7. The minimum absolute atomic E-state index is 0.0624. The van der Waals surface area contributed by atoms with Crippen molar-refractivity contribution in [3.63, 3.8) is 0 Å². The summed E-state index contributed by atoms with van der Waals surface area (Å²) in [5.74, 6) is -0.285. The summed E-state index contributed by atoms with van der Waals surface area (Å²) in [5.41, 5.74) is 2.20. The van der Waals surface area contributed by atoms with Crippen LogP contribution in [0.4, 0.5) is 9.18 Å². The average molecular weight is 380 g/mol. The minimum atomic E-state index is -0.294. The molecule has 1 aromatic heterocycles. The van der Waals surface area contributed by atoms with Gasteiger partial charge in [0.1, 0.15) is 5.82 Å². The van der Waals surface area contributed by atoms with Crippen LogP contribution in [-0.2, 0) is 5.41 Å². The van der Waals surface area contributed by atoms with Gasteiger partial charge < -0.3 is 10.6 Å². The third kappa shape index (κ3) is 4.03. The van der Waals surface area contributed by atoms with Crippen LogP contribution in [0.3, 0.4) is 0 Å². The molecule has 138 valence electrons. The number of amides is 2. The number of urea groups is 1. The molecule has 1 fully saturated rings. The molecular weight excluding hydrogens is 359 g/mol. The van der Waals surface area contributed by atoms with E-state index in [2.05, 4.69) is 22.8 Å². The molecule has 0 aliphatic heterocycles. The van der Waals surface area contributed by atoms with Gasteiger partial charge in [-0.1, -0.05) is 48.5 Å². The number of benzene rings is 2. The summed E-state index contributed by atoms with van der Waals surface area (Å²) in [5, 5.41) is 8.06. The molecule has 5 heteroatoms. The van der Waals surface area contributed by atoms with Crippen LogP contribution >= 0.6 is 11.3 Å². The molecular formula is C22H21FN2OS. The molecule has 0 bridgehead atoms. The molecule has 2 amide bonds. The van der Waals surface area contributed by atoms with Gasteiger partial charge in [-0.05, 0) is 47.5 Å². The summed E-state index contributed by atoms with van der Waals surface area (Å²) < 4.78 is 13.3. The largest absolute Gasteiger partial charge is 0.337 e. The Morgan fingerprint density at radius 1 is 1.04 bits per heavy atom. The van der Waals surface area contributed by atoms with Crippen LogP contribution in [0.25, 0.3) is 0 Å². The van der Waals surface area contributed by atoms with E-state index in [1.54, 1.807) is 23.5 Å². The highest BCUT2D eigenvalue weighted by Crippen LogP contribution is 2.47. The lowest BCUT2D eigenvalue weighted by Gasteiger charge is -2.21. The number of carbonyl (C=O) groups is 1. The lowest BCUT2D eigenvalue weighted by atomic mass is 9.96. The van der Waals surface area contributed by atoms with Crippen molar-refractivity contribution in [1.82, 2.24) is 10.6 Å². The Bertz CT molecular complexity index is 890. The number of halogens is 1. The van der Waals surface area contributed by atoms with Gasteiger partial charge in [-0.25, -0.2) is 9.18 Å². The molecule has 1 unspecified atom stereocenters. The predicted molar refractivity (Wildman–Crippen MR) is 106 cm³/mol. The van der Waals surface area contributed by atoms with Gasteiger partial charge >= 0.3 is 6.03 Å². The van der Waals surface area contributed by atoms with Crippen molar-refractivity contribution in [2.75, 3.05) is 6.54 Å². The van der Waals surface area contributed by atoms with Crippen molar-refractivity contribution in [3.05, 3.63) is 93.9 Å². The third-order valence-corrected chi connectivity index (χ3v) is 6.07. The summed E-state index contributed by atoms with van der Waals surface area (Å²) in [6.07, 6.45) is 2.17. The van der Waals surface area contributed by atoms with E-state index in [9.17, 15) is 9.18 Å². The summed E-state index contributed by atoms with van der Waals surface area (Å²) in [6, 6.07) is 20.0. The molecule has 0 saturated heterocycles. The number of thiophene rings is 1. The van der Waals surface area contributed by atoms with E-state index < -0.39 is 0 Å². The molecule has 3 nitrogen and oxygen atoms in total. The van der Waals surface area contributed by atoms with Gasteiger partial charge in [0.25, 0.3) is 0 Å². The molecule has 1 saturated carbocycles. The molecule has 0 spiro atoms. The SMILES string of the molecule is O=C(NCC1(c2ccccc2)CC1)NC(c1ccc(F)cc1)c1cccs1. The Balaban J connectivity index is 1.44. The van der Waals surface area contributed by atoms with Crippen LogP contribution in [0.15, 0.2) is 72.1 Å². The van der Waals surface area contributed by atoms with Crippen molar-refractivity contribution < 1.29 is 9.18 Å².